The molecule has 2 heterocycles. The zero-order valence-electron chi connectivity index (χ0n) is 23.4. The second kappa shape index (κ2) is 12.1. The Balaban J connectivity index is 1.47. The first-order chi connectivity index (χ1) is 19.2. The Labute approximate surface area is 241 Å². The van der Waals surface area contributed by atoms with Crippen molar-refractivity contribution in [3.05, 3.63) is 99.3 Å². The molecular formula is C33H37ClFN3O2. The highest BCUT2D eigenvalue weighted by Gasteiger charge is 2.40. The Morgan fingerprint density at radius 3 is 2.40 bits per heavy atom. The van der Waals surface area contributed by atoms with Crippen molar-refractivity contribution in [2.45, 2.75) is 65.1 Å². The molecule has 0 bridgehead atoms. The molecule has 2 saturated heterocycles. The number of rotatable bonds is 6. The molecule has 3 aromatic rings. The molecule has 2 amide bonds. The molecular weight excluding hydrogens is 525 g/mol. The van der Waals surface area contributed by atoms with Crippen LogP contribution in [-0.4, -0.2) is 40.7 Å². The molecule has 0 saturated carbocycles. The lowest BCUT2D eigenvalue weighted by atomic mass is 9.83. The number of piperidine rings is 1. The van der Waals surface area contributed by atoms with Gasteiger partial charge >= 0.3 is 0 Å². The van der Waals surface area contributed by atoms with E-state index in [0.29, 0.717) is 41.7 Å². The summed E-state index contributed by atoms with van der Waals surface area (Å²) >= 11 is 6.31. The van der Waals surface area contributed by atoms with Gasteiger partial charge < -0.3 is 10.2 Å². The van der Waals surface area contributed by atoms with Crippen LogP contribution in [0.3, 0.4) is 0 Å². The van der Waals surface area contributed by atoms with E-state index in [1.807, 2.05) is 31.2 Å². The van der Waals surface area contributed by atoms with E-state index in [4.69, 9.17) is 11.6 Å². The molecule has 2 fully saturated rings. The predicted octanol–water partition coefficient (Wildman–Crippen LogP) is 7.31. The molecule has 0 spiro atoms. The van der Waals surface area contributed by atoms with Crippen molar-refractivity contribution in [3.63, 3.8) is 0 Å². The highest BCUT2D eigenvalue weighted by molar-refractivity contribution is 6.31. The van der Waals surface area contributed by atoms with E-state index in [0.717, 1.165) is 24.2 Å². The molecule has 40 heavy (non-hydrogen) atoms. The summed E-state index contributed by atoms with van der Waals surface area (Å²) in [6.07, 6.45) is 3.70. The van der Waals surface area contributed by atoms with Crippen LogP contribution in [0.4, 0.5) is 10.1 Å². The molecule has 2 aliphatic rings. The molecule has 7 heteroatoms. The van der Waals surface area contributed by atoms with Crippen LogP contribution in [0.5, 0.6) is 0 Å². The Morgan fingerprint density at radius 2 is 1.73 bits per heavy atom. The third-order valence-electron chi connectivity index (χ3n) is 8.50. The van der Waals surface area contributed by atoms with Crippen LogP contribution >= 0.6 is 11.6 Å². The Morgan fingerprint density at radius 1 is 0.975 bits per heavy atom. The van der Waals surface area contributed by atoms with Gasteiger partial charge in [-0.15, -0.1) is 0 Å². The lowest BCUT2D eigenvalue weighted by molar-refractivity contribution is -0.123. The van der Waals surface area contributed by atoms with Crippen LogP contribution in [0.1, 0.15) is 71.3 Å². The number of likely N-dealkylation sites (tertiary alicyclic amines) is 2. The molecule has 1 unspecified atom stereocenters. The van der Waals surface area contributed by atoms with Crippen LogP contribution in [0.2, 0.25) is 5.02 Å². The summed E-state index contributed by atoms with van der Waals surface area (Å²) in [6, 6.07) is 18.4. The molecule has 0 aliphatic carbocycles. The number of halogens is 2. The van der Waals surface area contributed by atoms with Crippen molar-refractivity contribution in [2.24, 2.45) is 5.92 Å². The summed E-state index contributed by atoms with van der Waals surface area (Å²) in [5.41, 5.74) is 4.27. The normalized spacial score (nSPS) is 21.4. The van der Waals surface area contributed by atoms with Gasteiger partial charge in [0.15, 0.2) is 0 Å². The third-order valence-corrected chi connectivity index (χ3v) is 8.91. The predicted molar refractivity (Wildman–Crippen MR) is 158 cm³/mol. The summed E-state index contributed by atoms with van der Waals surface area (Å²) in [5, 5.41) is 3.60. The van der Waals surface area contributed by atoms with E-state index < -0.39 is 17.8 Å². The van der Waals surface area contributed by atoms with Crippen molar-refractivity contribution >= 4 is 29.1 Å². The first kappa shape index (κ1) is 28.3. The van der Waals surface area contributed by atoms with Gasteiger partial charge in [-0.25, -0.2) is 4.39 Å². The number of benzene rings is 3. The number of amides is 2. The minimum absolute atomic E-state index is 0.0681. The van der Waals surface area contributed by atoms with Crippen LogP contribution < -0.4 is 5.32 Å². The average molecular weight is 562 g/mol. The van der Waals surface area contributed by atoms with Gasteiger partial charge in [-0.2, -0.15) is 0 Å². The molecule has 210 valence electrons. The van der Waals surface area contributed by atoms with E-state index >= 15 is 0 Å². The monoisotopic (exact) mass is 561 g/mol. The quantitative estimate of drug-likeness (QED) is 0.343. The fourth-order valence-corrected chi connectivity index (χ4v) is 6.33. The number of nitrogens with one attached hydrogen (secondary N) is 1. The highest BCUT2D eigenvalue weighted by Crippen LogP contribution is 2.39. The summed E-state index contributed by atoms with van der Waals surface area (Å²) in [4.78, 5) is 31.8. The van der Waals surface area contributed by atoms with Crippen LogP contribution in [0, 0.1) is 25.6 Å². The van der Waals surface area contributed by atoms with Crippen molar-refractivity contribution in [1.29, 1.82) is 0 Å². The van der Waals surface area contributed by atoms with Gasteiger partial charge in [-0.05, 0) is 93.5 Å². The molecule has 5 rings (SSSR count). The topological polar surface area (TPSA) is 52.7 Å². The number of aryl methyl sites for hydroxylation is 2. The zero-order chi connectivity index (χ0) is 28.4. The lowest BCUT2D eigenvalue weighted by Crippen LogP contribution is -2.46. The standard InChI is InChI=1S/C33H37ClFN3O2/c1-21-11-16-26(19-28(21)34)36-32(39)27-9-6-18-38(33(40)30-22(2)7-4-10-29(30)35)31(27)25-14-12-24(13-15-25)20-37-17-5-8-23(37)3/h4,7,10-16,19,23,27,31H,5-6,8-9,17-18,20H2,1-3H3,(H,36,39)/t23?,27-,31-/m0/s1. The molecule has 2 aliphatic heterocycles. The number of nitrogens with zero attached hydrogens (tertiary/aromatic N) is 2. The molecule has 0 aromatic heterocycles. The van der Waals surface area contributed by atoms with Crippen LogP contribution in [0.15, 0.2) is 60.7 Å². The van der Waals surface area contributed by atoms with E-state index in [2.05, 4.69) is 29.3 Å². The zero-order valence-corrected chi connectivity index (χ0v) is 24.2. The van der Waals surface area contributed by atoms with Gasteiger partial charge in [0.25, 0.3) is 5.91 Å². The fraction of sp³-hybridized carbons (Fsp3) is 0.394. The summed E-state index contributed by atoms with van der Waals surface area (Å²) in [5.74, 6) is -1.61. The molecule has 3 aromatic carbocycles. The van der Waals surface area contributed by atoms with Crippen molar-refractivity contribution < 1.29 is 14.0 Å². The van der Waals surface area contributed by atoms with Gasteiger partial charge in [-0.3, -0.25) is 14.5 Å². The highest BCUT2D eigenvalue weighted by atomic mass is 35.5. The maximum Gasteiger partial charge on any atom is 0.257 e. The fourth-order valence-electron chi connectivity index (χ4n) is 6.14. The van der Waals surface area contributed by atoms with E-state index in [-0.39, 0.29) is 17.4 Å². The first-order valence-electron chi connectivity index (χ1n) is 14.2. The van der Waals surface area contributed by atoms with E-state index in [1.54, 1.807) is 30.0 Å². The minimum atomic E-state index is -0.542. The van der Waals surface area contributed by atoms with Crippen molar-refractivity contribution in [1.82, 2.24) is 9.80 Å². The maximum atomic E-state index is 14.9. The van der Waals surface area contributed by atoms with Gasteiger partial charge in [0.2, 0.25) is 5.91 Å². The average Bonchev–Trinajstić information content (AvgIpc) is 3.34. The van der Waals surface area contributed by atoms with Crippen LogP contribution in [0.25, 0.3) is 0 Å². The van der Waals surface area contributed by atoms with Crippen molar-refractivity contribution in [2.75, 3.05) is 18.4 Å². The SMILES string of the molecule is Cc1ccc(NC(=O)[C@H]2CCCN(C(=O)c3c(C)cccc3F)[C@H]2c2ccc(CN3CCCC3C)cc2)cc1Cl. The summed E-state index contributed by atoms with van der Waals surface area (Å²) < 4.78 is 14.9. The maximum absolute atomic E-state index is 14.9. The van der Waals surface area contributed by atoms with Gasteiger partial charge in [0.1, 0.15) is 5.82 Å². The number of hydrogen-bond acceptors (Lipinski definition) is 3. The minimum Gasteiger partial charge on any atom is -0.331 e. The molecule has 1 N–H and O–H groups in total. The summed E-state index contributed by atoms with van der Waals surface area (Å²) in [7, 11) is 0. The Hall–Kier alpha value is -3.22. The number of anilines is 1. The molecule has 0 radical (unpaired) electrons. The largest absolute Gasteiger partial charge is 0.331 e. The number of carbonyl (C=O) groups is 2. The second-order valence-electron chi connectivity index (χ2n) is 11.3. The number of carbonyl (C=O) groups excluding carboxylic acids is 2. The molecule has 3 atom stereocenters. The van der Waals surface area contributed by atoms with Crippen molar-refractivity contribution in [3.8, 4) is 0 Å². The van der Waals surface area contributed by atoms with Gasteiger partial charge in [-0.1, -0.05) is 54.1 Å². The summed E-state index contributed by atoms with van der Waals surface area (Å²) in [6.45, 7) is 8.34. The first-order valence-corrected chi connectivity index (χ1v) is 14.6. The number of hydrogen-bond donors (Lipinski definition) is 1. The second-order valence-corrected chi connectivity index (χ2v) is 11.7. The Bertz CT molecular complexity index is 1370. The smallest absolute Gasteiger partial charge is 0.257 e. The van der Waals surface area contributed by atoms with Crippen LogP contribution in [-0.2, 0) is 11.3 Å². The van der Waals surface area contributed by atoms with Gasteiger partial charge in [0.05, 0.1) is 17.5 Å². The Kier molecular flexibility index (Phi) is 8.57. The van der Waals surface area contributed by atoms with E-state index in [1.165, 1.54) is 24.5 Å². The molecule has 5 nitrogen and oxygen atoms in total. The van der Waals surface area contributed by atoms with E-state index in [9.17, 15) is 14.0 Å². The van der Waals surface area contributed by atoms with Gasteiger partial charge in [0, 0.05) is 29.8 Å². The third kappa shape index (κ3) is 5.93. The lowest BCUT2D eigenvalue weighted by Gasteiger charge is -2.41.